The summed E-state index contributed by atoms with van der Waals surface area (Å²) in [6.45, 7) is 2.81. The second-order valence-electron chi connectivity index (χ2n) is 3.87. The maximum absolute atomic E-state index is 11.3. The van der Waals surface area contributed by atoms with E-state index in [0.717, 1.165) is 5.56 Å². The minimum Gasteiger partial charge on any atom is -0.354 e. The zero-order valence-corrected chi connectivity index (χ0v) is 11.4. The van der Waals surface area contributed by atoms with E-state index in [2.05, 4.69) is 10.6 Å². The molecule has 3 nitrogen and oxygen atoms in total. The summed E-state index contributed by atoms with van der Waals surface area (Å²) in [5.41, 5.74) is 0.876. The fourth-order valence-electron chi connectivity index (χ4n) is 1.57. The first-order chi connectivity index (χ1) is 8.06. The van der Waals surface area contributed by atoms with Crippen molar-refractivity contribution in [1.29, 1.82) is 0 Å². The number of hydrogen-bond acceptors (Lipinski definition) is 2. The van der Waals surface area contributed by atoms with Crippen LogP contribution in [0.25, 0.3) is 0 Å². The third-order valence-electron chi connectivity index (χ3n) is 2.44. The molecule has 1 amide bonds. The molecule has 0 aliphatic heterocycles. The molecule has 0 radical (unpaired) electrons. The molecule has 0 aliphatic rings. The lowest BCUT2D eigenvalue weighted by Gasteiger charge is -2.16. The van der Waals surface area contributed by atoms with Crippen LogP contribution in [0.2, 0.25) is 10.0 Å². The van der Waals surface area contributed by atoms with Crippen LogP contribution in [-0.4, -0.2) is 26.0 Å². The fraction of sp³-hybridized carbons (Fsp3) is 0.417. The first-order valence-electron chi connectivity index (χ1n) is 5.41. The molecule has 0 bridgehead atoms. The molecule has 0 fully saturated rings. The number of benzene rings is 1. The highest BCUT2D eigenvalue weighted by atomic mass is 35.5. The standard InChI is InChI=1S/C12H16Cl2N2O/c1-8(6-16-11(17)7-15-2)12-9(13)4-3-5-10(12)14/h3-5,8,15H,6-7H2,1-2H3,(H,16,17). The van der Waals surface area contributed by atoms with Gasteiger partial charge in [-0.15, -0.1) is 0 Å². The Kier molecular flexibility index (Phi) is 5.75. The van der Waals surface area contributed by atoms with Crippen molar-refractivity contribution in [3.05, 3.63) is 33.8 Å². The molecule has 0 heterocycles. The first-order valence-corrected chi connectivity index (χ1v) is 6.17. The van der Waals surface area contributed by atoms with Crippen molar-refractivity contribution in [1.82, 2.24) is 10.6 Å². The Balaban J connectivity index is 2.64. The van der Waals surface area contributed by atoms with E-state index in [0.29, 0.717) is 23.1 Å². The van der Waals surface area contributed by atoms with Crippen LogP contribution in [0.3, 0.4) is 0 Å². The molecular formula is C12H16Cl2N2O. The molecule has 2 N–H and O–H groups in total. The second-order valence-corrected chi connectivity index (χ2v) is 4.69. The molecule has 0 aliphatic carbocycles. The maximum Gasteiger partial charge on any atom is 0.233 e. The summed E-state index contributed by atoms with van der Waals surface area (Å²) in [6.07, 6.45) is 0. The van der Waals surface area contributed by atoms with Crippen LogP contribution in [0.1, 0.15) is 18.4 Å². The second kappa shape index (κ2) is 6.84. The zero-order valence-electron chi connectivity index (χ0n) is 9.89. The number of hydrogen-bond donors (Lipinski definition) is 2. The van der Waals surface area contributed by atoms with Gasteiger partial charge in [-0.05, 0) is 24.7 Å². The van der Waals surface area contributed by atoms with Gasteiger partial charge in [0.25, 0.3) is 0 Å². The van der Waals surface area contributed by atoms with Crippen LogP contribution >= 0.6 is 23.2 Å². The molecule has 17 heavy (non-hydrogen) atoms. The summed E-state index contributed by atoms with van der Waals surface area (Å²) in [6, 6.07) is 5.41. The van der Waals surface area contributed by atoms with E-state index < -0.39 is 0 Å². The Labute approximate surface area is 111 Å². The molecule has 1 aromatic carbocycles. The molecular weight excluding hydrogens is 259 g/mol. The van der Waals surface area contributed by atoms with Gasteiger partial charge >= 0.3 is 0 Å². The average Bonchev–Trinajstić information content (AvgIpc) is 2.26. The monoisotopic (exact) mass is 274 g/mol. The smallest absolute Gasteiger partial charge is 0.233 e. The van der Waals surface area contributed by atoms with Crippen LogP contribution < -0.4 is 10.6 Å². The van der Waals surface area contributed by atoms with Crippen LogP contribution in [0.4, 0.5) is 0 Å². The molecule has 1 rings (SSSR count). The minimum absolute atomic E-state index is 0.0393. The molecule has 0 saturated heterocycles. The lowest BCUT2D eigenvalue weighted by molar-refractivity contribution is -0.120. The molecule has 0 aromatic heterocycles. The van der Waals surface area contributed by atoms with Crippen molar-refractivity contribution in [2.24, 2.45) is 0 Å². The predicted molar refractivity (Wildman–Crippen MR) is 71.8 cm³/mol. The lowest BCUT2D eigenvalue weighted by Crippen LogP contribution is -2.34. The number of carbonyl (C=O) groups excluding carboxylic acids is 1. The van der Waals surface area contributed by atoms with E-state index in [1.54, 1.807) is 25.2 Å². The van der Waals surface area contributed by atoms with Crippen molar-refractivity contribution in [2.45, 2.75) is 12.8 Å². The predicted octanol–water partition coefficient (Wildman–Crippen LogP) is 2.43. The molecule has 94 valence electrons. The van der Waals surface area contributed by atoms with Crippen molar-refractivity contribution in [2.75, 3.05) is 20.1 Å². The number of likely N-dealkylation sites (N-methyl/N-ethyl adjacent to an activating group) is 1. The van der Waals surface area contributed by atoms with Crippen molar-refractivity contribution in [3.63, 3.8) is 0 Å². The summed E-state index contributed by atoms with van der Waals surface area (Å²) >= 11 is 12.2. The van der Waals surface area contributed by atoms with Crippen molar-refractivity contribution in [3.8, 4) is 0 Å². The molecule has 1 atom stereocenters. The van der Waals surface area contributed by atoms with E-state index >= 15 is 0 Å². The van der Waals surface area contributed by atoms with E-state index in [-0.39, 0.29) is 11.8 Å². The average molecular weight is 275 g/mol. The minimum atomic E-state index is -0.0393. The third-order valence-corrected chi connectivity index (χ3v) is 3.09. The first kappa shape index (κ1) is 14.3. The Morgan fingerprint density at radius 2 is 1.94 bits per heavy atom. The fourth-order valence-corrected chi connectivity index (χ4v) is 2.34. The quantitative estimate of drug-likeness (QED) is 0.866. The largest absolute Gasteiger partial charge is 0.354 e. The van der Waals surface area contributed by atoms with Crippen LogP contribution in [0.5, 0.6) is 0 Å². The Morgan fingerprint density at radius 1 is 1.35 bits per heavy atom. The number of amides is 1. The van der Waals surface area contributed by atoms with Gasteiger partial charge in [0.05, 0.1) is 6.54 Å². The highest BCUT2D eigenvalue weighted by Crippen LogP contribution is 2.30. The van der Waals surface area contributed by atoms with Gasteiger partial charge < -0.3 is 10.6 Å². The van der Waals surface area contributed by atoms with Crippen molar-refractivity contribution >= 4 is 29.1 Å². The number of rotatable bonds is 5. The normalized spacial score (nSPS) is 12.2. The van der Waals surface area contributed by atoms with E-state index in [1.165, 1.54) is 0 Å². The summed E-state index contributed by atoms with van der Waals surface area (Å²) < 4.78 is 0. The molecule has 1 unspecified atom stereocenters. The Morgan fingerprint density at radius 3 is 2.47 bits per heavy atom. The SMILES string of the molecule is CNCC(=O)NCC(C)c1c(Cl)cccc1Cl. The third kappa shape index (κ3) is 4.19. The van der Waals surface area contributed by atoms with Gasteiger partial charge in [0.15, 0.2) is 0 Å². The summed E-state index contributed by atoms with van der Waals surface area (Å²) in [5, 5.41) is 6.87. The van der Waals surface area contributed by atoms with E-state index in [9.17, 15) is 4.79 Å². The highest BCUT2D eigenvalue weighted by molar-refractivity contribution is 6.36. The van der Waals surface area contributed by atoms with Gasteiger partial charge in [-0.2, -0.15) is 0 Å². The molecule has 1 aromatic rings. The van der Waals surface area contributed by atoms with Gasteiger partial charge in [-0.3, -0.25) is 4.79 Å². The summed E-state index contributed by atoms with van der Waals surface area (Å²) in [5.74, 6) is 0.0412. The van der Waals surface area contributed by atoms with Crippen LogP contribution in [0.15, 0.2) is 18.2 Å². The number of halogens is 2. The Hall–Kier alpha value is -0.770. The molecule has 0 saturated carbocycles. The van der Waals surface area contributed by atoms with E-state index in [4.69, 9.17) is 23.2 Å². The molecule has 5 heteroatoms. The van der Waals surface area contributed by atoms with Gasteiger partial charge in [-0.1, -0.05) is 36.2 Å². The molecule has 0 spiro atoms. The Bertz CT molecular complexity index is 376. The number of nitrogens with one attached hydrogen (secondary N) is 2. The van der Waals surface area contributed by atoms with E-state index in [1.807, 2.05) is 6.92 Å². The summed E-state index contributed by atoms with van der Waals surface area (Å²) in [4.78, 5) is 11.3. The topological polar surface area (TPSA) is 41.1 Å². The maximum atomic E-state index is 11.3. The summed E-state index contributed by atoms with van der Waals surface area (Å²) in [7, 11) is 1.73. The highest BCUT2D eigenvalue weighted by Gasteiger charge is 2.14. The zero-order chi connectivity index (χ0) is 12.8. The van der Waals surface area contributed by atoms with Crippen molar-refractivity contribution < 1.29 is 4.79 Å². The van der Waals surface area contributed by atoms with Crippen LogP contribution in [0, 0.1) is 0 Å². The van der Waals surface area contributed by atoms with Gasteiger partial charge in [0, 0.05) is 22.5 Å². The van der Waals surface area contributed by atoms with Gasteiger partial charge in [0.1, 0.15) is 0 Å². The van der Waals surface area contributed by atoms with Gasteiger partial charge in [0.2, 0.25) is 5.91 Å². The van der Waals surface area contributed by atoms with Crippen LogP contribution in [-0.2, 0) is 4.79 Å². The van der Waals surface area contributed by atoms with Gasteiger partial charge in [-0.25, -0.2) is 0 Å². The lowest BCUT2D eigenvalue weighted by atomic mass is 10.0. The number of carbonyl (C=O) groups is 1.